The largest absolute Gasteiger partial charge is 0.494 e. The SMILES string of the molecule is CCOc1ccc(C(CSc2n[nH]c(=O)n2C)NC)cc1. The van der Waals surface area contributed by atoms with Crippen molar-refractivity contribution >= 4 is 11.8 Å². The minimum Gasteiger partial charge on any atom is -0.494 e. The highest BCUT2D eigenvalue weighted by Gasteiger charge is 2.12. The van der Waals surface area contributed by atoms with Crippen LogP contribution in [0.15, 0.2) is 34.2 Å². The number of thioether (sulfide) groups is 1. The van der Waals surface area contributed by atoms with Crippen LogP contribution in [0.4, 0.5) is 0 Å². The molecule has 1 unspecified atom stereocenters. The Bertz CT molecular complexity index is 621. The minimum absolute atomic E-state index is 0.178. The van der Waals surface area contributed by atoms with E-state index < -0.39 is 0 Å². The lowest BCUT2D eigenvalue weighted by Gasteiger charge is -2.16. The number of hydrogen-bond acceptors (Lipinski definition) is 5. The summed E-state index contributed by atoms with van der Waals surface area (Å²) >= 11 is 1.54. The van der Waals surface area contributed by atoms with Crippen molar-refractivity contribution in [2.45, 2.75) is 18.1 Å². The zero-order chi connectivity index (χ0) is 15.2. The Hall–Kier alpha value is -1.73. The zero-order valence-corrected chi connectivity index (χ0v) is 13.2. The van der Waals surface area contributed by atoms with Crippen molar-refractivity contribution in [3.05, 3.63) is 40.3 Å². The second-order valence-corrected chi connectivity index (χ2v) is 5.51. The second kappa shape index (κ2) is 7.33. The zero-order valence-electron chi connectivity index (χ0n) is 12.4. The van der Waals surface area contributed by atoms with E-state index in [9.17, 15) is 4.79 Å². The molecule has 7 heteroatoms. The molecule has 6 nitrogen and oxygen atoms in total. The fourth-order valence-electron chi connectivity index (χ4n) is 1.93. The van der Waals surface area contributed by atoms with Gasteiger partial charge in [-0.25, -0.2) is 9.89 Å². The van der Waals surface area contributed by atoms with Crippen LogP contribution in [0.3, 0.4) is 0 Å². The molecule has 0 bridgehead atoms. The van der Waals surface area contributed by atoms with E-state index >= 15 is 0 Å². The van der Waals surface area contributed by atoms with Crippen molar-refractivity contribution in [3.63, 3.8) is 0 Å². The number of aromatic amines is 1. The highest BCUT2D eigenvalue weighted by atomic mass is 32.2. The first-order chi connectivity index (χ1) is 10.2. The van der Waals surface area contributed by atoms with Crippen molar-refractivity contribution in [2.75, 3.05) is 19.4 Å². The Kier molecular flexibility index (Phi) is 5.46. The molecule has 1 atom stereocenters. The van der Waals surface area contributed by atoms with Gasteiger partial charge < -0.3 is 10.1 Å². The molecule has 21 heavy (non-hydrogen) atoms. The number of nitrogens with zero attached hydrogens (tertiary/aromatic N) is 2. The van der Waals surface area contributed by atoms with E-state index in [-0.39, 0.29) is 11.7 Å². The summed E-state index contributed by atoms with van der Waals surface area (Å²) in [6, 6.07) is 8.22. The number of aromatic nitrogens is 3. The van der Waals surface area contributed by atoms with E-state index in [4.69, 9.17) is 4.74 Å². The number of hydrogen-bond donors (Lipinski definition) is 2. The van der Waals surface area contributed by atoms with E-state index in [1.807, 2.05) is 26.1 Å². The Morgan fingerprint density at radius 1 is 1.43 bits per heavy atom. The van der Waals surface area contributed by atoms with Gasteiger partial charge in [-0.3, -0.25) is 4.57 Å². The monoisotopic (exact) mass is 308 g/mol. The van der Waals surface area contributed by atoms with Gasteiger partial charge in [0.15, 0.2) is 5.16 Å². The molecule has 0 spiro atoms. The van der Waals surface area contributed by atoms with E-state index in [1.54, 1.807) is 7.05 Å². The molecule has 0 aliphatic heterocycles. The summed E-state index contributed by atoms with van der Waals surface area (Å²) in [5.74, 6) is 1.65. The molecule has 1 aromatic heterocycles. The van der Waals surface area contributed by atoms with Gasteiger partial charge in [-0.1, -0.05) is 23.9 Å². The predicted octanol–water partition coefficient (Wildman–Crippen LogP) is 1.56. The molecule has 0 aliphatic carbocycles. The van der Waals surface area contributed by atoms with Gasteiger partial charge >= 0.3 is 5.69 Å². The van der Waals surface area contributed by atoms with Crippen LogP contribution in [-0.4, -0.2) is 34.2 Å². The normalized spacial score (nSPS) is 12.3. The van der Waals surface area contributed by atoms with Crippen molar-refractivity contribution in [2.24, 2.45) is 7.05 Å². The molecule has 2 aromatic rings. The molecule has 0 aliphatic rings. The van der Waals surface area contributed by atoms with Crippen molar-refractivity contribution < 1.29 is 4.74 Å². The molecule has 1 aromatic carbocycles. The number of benzene rings is 1. The van der Waals surface area contributed by atoms with Gasteiger partial charge in [0.25, 0.3) is 0 Å². The summed E-state index contributed by atoms with van der Waals surface area (Å²) in [6.45, 7) is 2.63. The Labute approximate surface area is 127 Å². The van der Waals surface area contributed by atoms with Crippen LogP contribution >= 0.6 is 11.8 Å². The summed E-state index contributed by atoms with van der Waals surface area (Å²) in [7, 11) is 3.63. The second-order valence-electron chi connectivity index (χ2n) is 4.52. The lowest BCUT2D eigenvalue weighted by Crippen LogP contribution is -2.19. The molecule has 1 heterocycles. The summed E-state index contributed by atoms with van der Waals surface area (Å²) in [4.78, 5) is 11.3. The van der Waals surface area contributed by atoms with E-state index in [2.05, 4.69) is 27.6 Å². The number of H-pyrrole nitrogens is 1. The summed E-state index contributed by atoms with van der Waals surface area (Å²) in [6.07, 6.45) is 0. The first kappa shape index (κ1) is 15.7. The summed E-state index contributed by atoms with van der Waals surface area (Å²) in [5.41, 5.74) is 0.980. The van der Waals surface area contributed by atoms with Gasteiger partial charge in [-0.15, -0.1) is 5.10 Å². The average Bonchev–Trinajstić information content (AvgIpc) is 2.82. The van der Waals surface area contributed by atoms with Crippen LogP contribution < -0.4 is 15.7 Å². The summed E-state index contributed by atoms with van der Waals surface area (Å²) in [5, 5.41) is 10.4. The highest BCUT2D eigenvalue weighted by Crippen LogP contribution is 2.23. The van der Waals surface area contributed by atoms with E-state index in [0.717, 1.165) is 11.5 Å². The highest BCUT2D eigenvalue weighted by molar-refractivity contribution is 7.99. The Morgan fingerprint density at radius 3 is 2.67 bits per heavy atom. The molecule has 114 valence electrons. The van der Waals surface area contributed by atoms with Gasteiger partial charge in [0, 0.05) is 18.8 Å². The van der Waals surface area contributed by atoms with Crippen LogP contribution in [0, 0.1) is 0 Å². The standard InChI is InChI=1S/C14H20N4O2S/c1-4-20-11-7-5-10(6-8-11)12(15-2)9-21-14-17-16-13(19)18(14)3/h5-8,12,15H,4,9H2,1-3H3,(H,16,19). The van der Waals surface area contributed by atoms with Crippen LogP contribution in [0.5, 0.6) is 5.75 Å². The Morgan fingerprint density at radius 2 is 2.14 bits per heavy atom. The molecule has 0 fully saturated rings. The fourth-order valence-corrected chi connectivity index (χ4v) is 2.99. The lowest BCUT2D eigenvalue weighted by atomic mass is 10.1. The summed E-state index contributed by atoms with van der Waals surface area (Å²) < 4.78 is 6.95. The Balaban J connectivity index is 2.02. The average molecular weight is 308 g/mol. The molecule has 0 saturated heterocycles. The van der Waals surface area contributed by atoms with E-state index in [0.29, 0.717) is 11.8 Å². The van der Waals surface area contributed by atoms with Gasteiger partial charge in [0.2, 0.25) is 0 Å². The topological polar surface area (TPSA) is 71.9 Å². The molecular formula is C14H20N4O2S. The smallest absolute Gasteiger partial charge is 0.343 e. The van der Waals surface area contributed by atoms with Gasteiger partial charge in [0.1, 0.15) is 5.75 Å². The maximum absolute atomic E-state index is 11.3. The number of rotatable bonds is 7. The predicted molar refractivity (Wildman–Crippen MR) is 84.0 cm³/mol. The molecule has 0 saturated carbocycles. The molecule has 0 radical (unpaired) electrons. The number of ether oxygens (including phenoxy) is 1. The quantitative estimate of drug-likeness (QED) is 0.760. The van der Waals surface area contributed by atoms with Gasteiger partial charge in [-0.05, 0) is 31.7 Å². The van der Waals surface area contributed by atoms with E-state index in [1.165, 1.54) is 21.9 Å². The third-order valence-corrected chi connectivity index (χ3v) is 4.28. The van der Waals surface area contributed by atoms with Crippen LogP contribution in [0.2, 0.25) is 0 Å². The lowest BCUT2D eigenvalue weighted by molar-refractivity contribution is 0.340. The first-order valence-corrected chi connectivity index (χ1v) is 7.78. The molecule has 2 rings (SSSR count). The van der Waals surface area contributed by atoms with Crippen LogP contribution in [0.25, 0.3) is 0 Å². The number of nitrogens with one attached hydrogen (secondary N) is 2. The van der Waals surface area contributed by atoms with Crippen LogP contribution in [0.1, 0.15) is 18.5 Å². The van der Waals surface area contributed by atoms with Gasteiger partial charge in [0.05, 0.1) is 6.61 Å². The third-order valence-electron chi connectivity index (χ3n) is 3.16. The van der Waals surface area contributed by atoms with Crippen molar-refractivity contribution in [1.82, 2.24) is 20.1 Å². The third kappa shape index (κ3) is 3.89. The molecule has 0 amide bonds. The minimum atomic E-state index is -0.195. The van der Waals surface area contributed by atoms with Crippen molar-refractivity contribution in [1.29, 1.82) is 0 Å². The van der Waals surface area contributed by atoms with Crippen molar-refractivity contribution in [3.8, 4) is 5.75 Å². The molecular weight excluding hydrogens is 288 g/mol. The fraction of sp³-hybridized carbons (Fsp3) is 0.429. The van der Waals surface area contributed by atoms with Gasteiger partial charge in [-0.2, -0.15) is 0 Å². The maximum atomic E-state index is 11.3. The van der Waals surface area contributed by atoms with Crippen LogP contribution in [-0.2, 0) is 7.05 Å². The first-order valence-electron chi connectivity index (χ1n) is 6.80. The molecule has 2 N–H and O–H groups in total. The maximum Gasteiger partial charge on any atom is 0.343 e.